The van der Waals surface area contributed by atoms with E-state index in [1.807, 2.05) is 0 Å². The van der Waals surface area contributed by atoms with Gasteiger partial charge in [0, 0.05) is 32.1 Å². The van der Waals surface area contributed by atoms with E-state index in [0.717, 1.165) is 0 Å². The Hall–Kier alpha value is -1.11. The molecule has 1 atom stereocenters. The molecule has 92 valence electrons. The van der Waals surface area contributed by atoms with Crippen LogP contribution in [-0.2, 0) is 13.5 Å². The molecule has 1 heterocycles. The van der Waals surface area contributed by atoms with Crippen molar-refractivity contribution in [1.82, 2.24) is 20.3 Å². The first-order chi connectivity index (χ1) is 7.40. The zero-order chi connectivity index (χ0) is 12.2. The Morgan fingerprint density at radius 2 is 2.19 bits per heavy atom. The van der Waals surface area contributed by atoms with Gasteiger partial charge in [0.2, 0.25) is 0 Å². The van der Waals surface area contributed by atoms with Crippen LogP contribution in [0.15, 0.2) is 6.20 Å². The summed E-state index contributed by atoms with van der Waals surface area (Å²) < 4.78 is 37.6. The second-order valence-electron chi connectivity index (χ2n) is 3.73. The predicted molar refractivity (Wildman–Crippen MR) is 52.8 cm³/mol. The lowest BCUT2D eigenvalue weighted by Gasteiger charge is -2.15. The molecule has 0 aliphatic carbocycles. The SMILES string of the molecule is CNC(CCC(F)(F)F)Cc1cn(C)nn1. The maximum Gasteiger partial charge on any atom is 0.389 e. The summed E-state index contributed by atoms with van der Waals surface area (Å²) in [5.74, 6) is 0. The fourth-order valence-corrected chi connectivity index (χ4v) is 1.43. The number of alkyl halides is 3. The molecule has 0 radical (unpaired) electrons. The van der Waals surface area contributed by atoms with Gasteiger partial charge >= 0.3 is 6.18 Å². The summed E-state index contributed by atoms with van der Waals surface area (Å²) in [6.07, 6.45) is -2.66. The number of nitrogens with zero attached hydrogens (tertiary/aromatic N) is 3. The van der Waals surface area contributed by atoms with Crippen LogP contribution in [0.3, 0.4) is 0 Å². The minimum absolute atomic E-state index is 0.0522. The van der Waals surface area contributed by atoms with Crippen molar-refractivity contribution in [2.75, 3.05) is 7.05 Å². The van der Waals surface area contributed by atoms with Gasteiger partial charge in [0.05, 0.1) is 5.69 Å². The van der Waals surface area contributed by atoms with Crippen LogP contribution in [0.2, 0.25) is 0 Å². The standard InChI is InChI=1S/C9H15F3N4/c1-13-7(3-4-9(10,11)12)5-8-6-16(2)15-14-8/h6-7,13H,3-5H2,1-2H3. The third-order valence-corrected chi connectivity index (χ3v) is 2.29. The lowest BCUT2D eigenvalue weighted by atomic mass is 10.1. The van der Waals surface area contributed by atoms with Gasteiger partial charge in [-0.05, 0) is 13.5 Å². The monoisotopic (exact) mass is 236 g/mol. The highest BCUT2D eigenvalue weighted by molar-refractivity contribution is 4.95. The lowest BCUT2D eigenvalue weighted by Crippen LogP contribution is -2.29. The van der Waals surface area contributed by atoms with E-state index in [-0.39, 0.29) is 12.5 Å². The van der Waals surface area contributed by atoms with E-state index >= 15 is 0 Å². The maximum atomic E-state index is 12.0. The third kappa shape index (κ3) is 4.61. The highest BCUT2D eigenvalue weighted by Crippen LogP contribution is 2.22. The first-order valence-corrected chi connectivity index (χ1v) is 5.00. The summed E-state index contributed by atoms with van der Waals surface area (Å²) >= 11 is 0. The van der Waals surface area contributed by atoms with Crippen LogP contribution >= 0.6 is 0 Å². The van der Waals surface area contributed by atoms with Crippen LogP contribution in [0.4, 0.5) is 13.2 Å². The van der Waals surface area contributed by atoms with E-state index in [4.69, 9.17) is 0 Å². The molecule has 16 heavy (non-hydrogen) atoms. The number of aryl methyl sites for hydroxylation is 1. The highest BCUT2D eigenvalue weighted by Gasteiger charge is 2.28. The molecule has 0 bridgehead atoms. The number of hydrogen-bond donors (Lipinski definition) is 1. The predicted octanol–water partition coefficient (Wildman–Crippen LogP) is 1.29. The normalized spacial score (nSPS) is 14.1. The molecule has 1 aromatic heterocycles. The topological polar surface area (TPSA) is 42.7 Å². The summed E-state index contributed by atoms with van der Waals surface area (Å²) in [6, 6.07) is -0.224. The van der Waals surface area contributed by atoms with Crippen molar-refractivity contribution < 1.29 is 13.2 Å². The molecule has 0 saturated heterocycles. The second kappa shape index (κ2) is 5.29. The van der Waals surface area contributed by atoms with Gasteiger partial charge in [0.15, 0.2) is 0 Å². The molecule has 0 aliphatic rings. The number of halogens is 3. The largest absolute Gasteiger partial charge is 0.389 e. The molecule has 4 nitrogen and oxygen atoms in total. The van der Waals surface area contributed by atoms with Gasteiger partial charge in [-0.2, -0.15) is 13.2 Å². The van der Waals surface area contributed by atoms with Gasteiger partial charge in [-0.15, -0.1) is 5.10 Å². The zero-order valence-electron chi connectivity index (χ0n) is 9.25. The molecule has 1 aromatic rings. The molecular weight excluding hydrogens is 221 g/mol. The summed E-state index contributed by atoms with van der Waals surface area (Å²) in [4.78, 5) is 0. The number of nitrogens with one attached hydrogen (secondary N) is 1. The maximum absolute atomic E-state index is 12.0. The number of rotatable bonds is 5. The number of hydrogen-bond acceptors (Lipinski definition) is 3. The minimum Gasteiger partial charge on any atom is -0.317 e. The molecule has 1 rings (SSSR count). The van der Waals surface area contributed by atoms with Crippen molar-refractivity contribution >= 4 is 0 Å². The van der Waals surface area contributed by atoms with E-state index < -0.39 is 12.6 Å². The molecule has 0 aliphatic heterocycles. The Morgan fingerprint density at radius 3 is 2.62 bits per heavy atom. The van der Waals surface area contributed by atoms with Crippen molar-refractivity contribution in [1.29, 1.82) is 0 Å². The van der Waals surface area contributed by atoms with E-state index in [9.17, 15) is 13.2 Å². The molecule has 0 spiro atoms. The Balaban J connectivity index is 2.43. The van der Waals surface area contributed by atoms with Crippen LogP contribution in [0.25, 0.3) is 0 Å². The highest BCUT2D eigenvalue weighted by atomic mass is 19.4. The first-order valence-electron chi connectivity index (χ1n) is 5.00. The lowest BCUT2D eigenvalue weighted by molar-refractivity contribution is -0.136. The summed E-state index contributed by atoms with van der Waals surface area (Å²) in [6.45, 7) is 0. The third-order valence-electron chi connectivity index (χ3n) is 2.29. The van der Waals surface area contributed by atoms with Crippen LogP contribution in [0.5, 0.6) is 0 Å². The molecular formula is C9H15F3N4. The van der Waals surface area contributed by atoms with Crippen molar-refractivity contribution in [2.24, 2.45) is 7.05 Å². The smallest absolute Gasteiger partial charge is 0.317 e. The van der Waals surface area contributed by atoms with E-state index in [2.05, 4.69) is 15.6 Å². The van der Waals surface area contributed by atoms with Crippen LogP contribution in [-0.4, -0.2) is 34.3 Å². The van der Waals surface area contributed by atoms with Gasteiger partial charge in [-0.1, -0.05) is 5.21 Å². The van der Waals surface area contributed by atoms with Crippen molar-refractivity contribution in [3.8, 4) is 0 Å². The average molecular weight is 236 g/mol. The molecule has 1 unspecified atom stereocenters. The summed E-state index contributed by atoms with van der Waals surface area (Å²) in [5.41, 5.74) is 0.698. The molecule has 0 aromatic carbocycles. The summed E-state index contributed by atoms with van der Waals surface area (Å²) in [5, 5.41) is 10.4. The molecule has 0 fully saturated rings. The molecule has 1 N–H and O–H groups in total. The molecule has 0 saturated carbocycles. The zero-order valence-corrected chi connectivity index (χ0v) is 9.25. The Labute approximate surface area is 91.8 Å². The quantitative estimate of drug-likeness (QED) is 0.837. The van der Waals surface area contributed by atoms with Gasteiger partial charge in [-0.25, -0.2) is 0 Å². The van der Waals surface area contributed by atoms with Gasteiger partial charge < -0.3 is 5.32 Å². The van der Waals surface area contributed by atoms with Crippen LogP contribution in [0.1, 0.15) is 18.5 Å². The summed E-state index contributed by atoms with van der Waals surface area (Å²) in [7, 11) is 3.37. The van der Waals surface area contributed by atoms with Gasteiger partial charge in [0.1, 0.15) is 0 Å². The Morgan fingerprint density at radius 1 is 1.50 bits per heavy atom. The molecule has 7 heteroatoms. The van der Waals surface area contributed by atoms with E-state index in [1.54, 1.807) is 20.3 Å². The fourth-order valence-electron chi connectivity index (χ4n) is 1.43. The van der Waals surface area contributed by atoms with Gasteiger partial charge in [-0.3, -0.25) is 4.68 Å². The van der Waals surface area contributed by atoms with Crippen LogP contribution in [0, 0.1) is 0 Å². The minimum atomic E-state index is -4.10. The fraction of sp³-hybridized carbons (Fsp3) is 0.778. The molecule has 0 amide bonds. The number of likely N-dealkylation sites (N-methyl/N-ethyl adjacent to an activating group) is 1. The Bertz CT molecular complexity index is 321. The van der Waals surface area contributed by atoms with Crippen LogP contribution < -0.4 is 5.32 Å². The van der Waals surface area contributed by atoms with Gasteiger partial charge in [0.25, 0.3) is 0 Å². The van der Waals surface area contributed by atoms with E-state index in [1.165, 1.54) is 4.68 Å². The first kappa shape index (κ1) is 13.0. The number of aromatic nitrogens is 3. The average Bonchev–Trinajstić information content (AvgIpc) is 2.57. The van der Waals surface area contributed by atoms with Crippen molar-refractivity contribution in [3.05, 3.63) is 11.9 Å². The Kier molecular flexibility index (Phi) is 4.28. The van der Waals surface area contributed by atoms with Crippen molar-refractivity contribution in [3.63, 3.8) is 0 Å². The van der Waals surface area contributed by atoms with Crippen molar-refractivity contribution in [2.45, 2.75) is 31.5 Å². The van der Waals surface area contributed by atoms with E-state index in [0.29, 0.717) is 12.1 Å². The second-order valence-corrected chi connectivity index (χ2v) is 3.73.